The van der Waals surface area contributed by atoms with Crippen molar-refractivity contribution in [2.75, 3.05) is 6.54 Å². The molecule has 1 nitrogen and oxygen atoms in total. The van der Waals surface area contributed by atoms with Crippen molar-refractivity contribution in [3.8, 4) is 0 Å². The fourth-order valence-electron chi connectivity index (χ4n) is 1.54. The lowest BCUT2D eigenvalue weighted by molar-refractivity contribution is -0.137. The average Bonchev–Trinajstić information content (AvgIpc) is 2.22. The SMILES string of the molecule is CC(C)CCNCc1cc(F)cc(C(F)(F)F)c1. The predicted octanol–water partition coefficient (Wildman–Crippen LogP) is 3.98. The summed E-state index contributed by atoms with van der Waals surface area (Å²) < 4.78 is 50.4. The smallest absolute Gasteiger partial charge is 0.313 e. The molecule has 1 aromatic carbocycles. The topological polar surface area (TPSA) is 12.0 Å². The van der Waals surface area contributed by atoms with Crippen molar-refractivity contribution in [3.63, 3.8) is 0 Å². The second kappa shape index (κ2) is 6.18. The van der Waals surface area contributed by atoms with Gasteiger partial charge >= 0.3 is 6.18 Å². The summed E-state index contributed by atoms with van der Waals surface area (Å²) in [4.78, 5) is 0. The van der Waals surface area contributed by atoms with Gasteiger partial charge in [0.2, 0.25) is 0 Å². The molecule has 0 saturated heterocycles. The first-order chi connectivity index (χ1) is 8.29. The fourth-order valence-corrected chi connectivity index (χ4v) is 1.54. The van der Waals surface area contributed by atoms with Gasteiger partial charge in [0.15, 0.2) is 0 Å². The molecule has 0 atom stereocenters. The number of alkyl halides is 3. The molecule has 0 saturated carbocycles. The van der Waals surface area contributed by atoms with Crippen LogP contribution in [0.5, 0.6) is 0 Å². The summed E-state index contributed by atoms with van der Waals surface area (Å²) in [6.45, 7) is 5.07. The van der Waals surface area contributed by atoms with Crippen molar-refractivity contribution in [2.45, 2.75) is 33.0 Å². The largest absolute Gasteiger partial charge is 0.416 e. The van der Waals surface area contributed by atoms with Gasteiger partial charge in [0.05, 0.1) is 5.56 Å². The van der Waals surface area contributed by atoms with E-state index in [1.54, 1.807) is 0 Å². The lowest BCUT2D eigenvalue weighted by Crippen LogP contribution is -2.17. The predicted molar refractivity (Wildman–Crippen MR) is 62.6 cm³/mol. The highest BCUT2D eigenvalue weighted by molar-refractivity contribution is 5.26. The third-order valence-electron chi connectivity index (χ3n) is 2.51. The molecule has 0 aliphatic rings. The number of nitrogens with one attached hydrogen (secondary N) is 1. The van der Waals surface area contributed by atoms with Crippen LogP contribution >= 0.6 is 0 Å². The molecule has 1 N–H and O–H groups in total. The zero-order valence-corrected chi connectivity index (χ0v) is 10.4. The summed E-state index contributed by atoms with van der Waals surface area (Å²) in [6.07, 6.45) is -3.57. The van der Waals surface area contributed by atoms with E-state index < -0.39 is 17.6 Å². The molecular formula is C13H17F4N. The van der Waals surface area contributed by atoms with Crippen molar-refractivity contribution in [1.82, 2.24) is 5.32 Å². The van der Waals surface area contributed by atoms with Crippen LogP contribution in [0.2, 0.25) is 0 Å². The monoisotopic (exact) mass is 263 g/mol. The molecule has 0 aliphatic carbocycles. The van der Waals surface area contributed by atoms with E-state index in [4.69, 9.17) is 0 Å². The number of rotatable bonds is 5. The van der Waals surface area contributed by atoms with Crippen molar-refractivity contribution in [3.05, 3.63) is 35.1 Å². The zero-order chi connectivity index (χ0) is 13.8. The first-order valence-electron chi connectivity index (χ1n) is 5.86. The lowest BCUT2D eigenvalue weighted by atomic mass is 10.1. The molecule has 0 bridgehead atoms. The Bertz CT molecular complexity index is 385. The molecule has 1 rings (SSSR count). The van der Waals surface area contributed by atoms with E-state index in [-0.39, 0.29) is 6.54 Å². The highest BCUT2D eigenvalue weighted by Crippen LogP contribution is 2.30. The molecule has 18 heavy (non-hydrogen) atoms. The summed E-state index contributed by atoms with van der Waals surface area (Å²) in [6, 6.07) is 2.61. The highest BCUT2D eigenvalue weighted by Gasteiger charge is 2.31. The second-order valence-electron chi connectivity index (χ2n) is 4.71. The van der Waals surface area contributed by atoms with Gasteiger partial charge < -0.3 is 5.32 Å². The summed E-state index contributed by atoms with van der Waals surface area (Å²) in [5.74, 6) is -0.332. The summed E-state index contributed by atoms with van der Waals surface area (Å²) >= 11 is 0. The Balaban J connectivity index is 2.63. The maximum atomic E-state index is 13.1. The fraction of sp³-hybridized carbons (Fsp3) is 0.538. The van der Waals surface area contributed by atoms with Gasteiger partial charge in [-0.2, -0.15) is 13.2 Å². The Hall–Kier alpha value is -1.10. The van der Waals surface area contributed by atoms with Gasteiger partial charge in [-0.1, -0.05) is 13.8 Å². The normalized spacial score (nSPS) is 12.2. The van der Waals surface area contributed by atoms with Gasteiger partial charge in [-0.15, -0.1) is 0 Å². The van der Waals surface area contributed by atoms with Crippen LogP contribution in [0.3, 0.4) is 0 Å². The van der Waals surface area contributed by atoms with Crippen LogP contribution in [-0.2, 0) is 12.7 Å². The maximum absolute atomic E-state index is 13.1. The highest BCUT2D eigenvalue weighted by atomic mass is 19.4. The van der Waals surface area contributed by atoms with E-state index in [0.29, 0.717) is 24.1 Å². The minimum atomic E-state index is -4.51. The number of hydrogen-bond donors (Lipinski definition) is 1. The van der Waals surface area contributed by atoms with Gasteiger partial charge in [-0.25, -0.2) is 4.39 Å². The standard InChI is InChI=1S/C13H17F4N/c1-9(2)3-4-18-8-10-5-11(13(15,16)17)7-12(14)6-10/h5-7,9,18H,3-4,8H2,1-2H3. The molecule has 0 spiro atoms. The van der Waals surface area contributed by atoms with E-state index >= 15 is 0 Å². The number of benzene rings is 1. The van der Waals surface area contributed by atoms with Crippen molar-refractivity contribution in [1.29, 1.82) is 0 Å². The van der Waals surface area contributed by atoms with E-state index in [1.165, 1.54) is 0 Å². The Morgan fingerprint density at radius 2 is 1.83 bits per heavy atom. The molecule has 0 heterocycles. The zero-order valence-electron chi connectivity index (χ0n) is 10.4. The molecule has 0 aromatic heterocycles. The minimum Gasteiger partial charge on any atom is -0.313 e. The van der Waals surface area contributed by atoms with Crippen LogP contribution in [0.25, 0.3) is 0 Å². The molecule has 5 heteroatoms. The van der Waals surface area contributed by atoms with Crippen LogP contribution in [0.1, 0.15) is 31.4 Å². The van der Waals surface area contributed by atoms with Gasteiger partial charge in [0.1, 0.15) is 5.82 Å². The summed E-state index contributed by atoms with van der Waals surface area (Å²) in [7, 11) is 0. The summed E-state index contributed by atoms with van der Waals surface area (Å²) in [5.41, 5.74) is -0.630. The maximum Gasteiger partial charge on any atom is 0.416 e. The molecular weight excluding hydrogens is 246 g/mol. The van der Waals surface area contributed by atoms with E-state index in [9.17, 15) is 17.6 Å². The van der Waals surface area contributed by atoms with Crippen molar-refractivity contribution < 1.29 is 17.6 Å². The van der Waals surface area contributed by atoms with Crippen LogP contribution < -0.4 is 5.32 Å². The van der Waals surface area contributed by atoms with E-state index in [1.807, 2.05) is 0 Å². The third-order valence-corrected chi connectivity index (χ3v) is 2.51. The molecule has 102 valence electrons. The van der Waals surface area contributed by atoms with Gasteiger partial charge in [-0.3, -0.25) is 0 Å². The first kappa shape index (κ1) is 15.0. The molecule has 0 radical (unpaired) electrons. The summed E-state index contributed by atoms with van der Waals surface area (Å²) in [5, 5.41) is 3.00. The quantitative estimate of drug-likeness (QED) is 0.626. The average molecular weight is 263 g/mol. The van der Waals surface area contributed by atoms with Crippen molar-refractivity contribution in [2.24, 2.45) is 5.92 Å². The molecule has 0 amide bonds. The Labute approximate surface area is 104 Å². The third kappa shape index (κ3) is 5.04. The minimum absolute atomic E-state index is 0.244. The Morgan fingerprint density at radius 3 is 2.39 bits per heavy atom. The van der Waals surface area contributed by atoms with E-state index in [2.05, 4.69) is 19.2 Å². The first-order valence-corrected chi connectivity index (χ1v) is 5.86. The molecule has 1 aromatic rings. The van der Waals surface area contributed by atoms with Crippen LogP contribution in [0.15, 0.2) is 18.2 Å². The van der Waals surface area contributed by atoms with E-state index in [0.717, 1.165) is 18.6 Å². The number of hydrogen-bond acceptors (Lipinski definition) is 1. The van der Waals surface area contributed by atoms with Gasteiger partial charge in [-0.05, 0) is 42.6 Å². The van der Waals surface area contributed by atoms with Gasteiger partial charge in [0.25, 0.3) is 0 Å². The molecule has 0 unspecified atom stereocenters. The number of halogens is 4. The van der Waals surface area contributed by atoms with Crippen LogP contribution in [0, 0.1) is 11.7 Å². The molecule has 0 fully saturated rings. The van der Waals surface area contributed by atoms with Crippen LogP contribution in [-0.4, -0.2) is 6.54 Å². The molecule has 0 aliphatic heterocycles. The Kier molecular flexibility index (Phi) is 5.14. The van der Waals surface area contributed by atoms with Gasteiger partial charge in [0, 0.05) is 6.54 Å². The second-order valence-corrected chi connectivity index (χ2v) is 4.71. The van der Waals surface area contributed by atoms with Crippen molar-refractivity contribution >= 4 is 0 Å². The lowest BCUT2D eigenvalue weighted by Gasteiger charge is -2.11. The van der Waals surface area contributed by atoms with Crippen LogP contribution in [0.4, 0.5) is 17.6 Å². The Morgan fingerprint density at radius 1 is 1.17 bits per heavy atom.